The second-order valence-electron chi connectivity index (χ2n) is 4.85. The summed E-state index contributed by atoms with van der Waals surface area (Å²) in [6.45, 7) is 3.87. The quantitative estimate of drug-likeness (QED) is 0.583. The van der Waals surface area contributed by atoms with Crippen LogP contribution in [0, 0.1) is 17.4 Å². The molecule has 0 heterocycles. The summed E-state index contributed by atoms with van der Waals surface area (Å²) >= 11 is 11.7. The Morgan fingerprint density at radius 1 is 1.32 bits per heavy atom. The van der Waals surface area contributed by atoms with Crippen LogP contribution in [0.3, 0.4) is 0 Å². The van der Waals surface area contributed by atoms with Gasteiger partial charge in [0.15, 0.2) is 6.61 Å². The molecule has 0 aliphatic carbocycles. The summed E-state index contributed by atoms with van der Waals surface area (Å²) in [6.07, 6.45) is 0. The van der Waals surface area contributed by atoms with Crippen molar-refractivity contribution < 1.29 is 9.53 Å². The van der Waals surface area contributed by atoms with Gasteiger partial charge in [0.25, 0.3) is 5.91 Å². The van der Waals surface area contributed by atoms with Gasteiger partial charge in [-0.1, -0.05) is 17.7 Å². The Morgan fingerprint density at radius 2 is 2.05 bits per heavy atom. The third kappa shape index (κ3) is 4.60. The number of rotatable bonds is 4. The van der Waals surface area contributed by atoms with E-state index in [2.05, 4.69) is 43.8 Å². The van der Waals surface area contributed by atoms with Gasteiger partial charge >= 0.3 is 0 Å². The minimum atomic E-state index is -0.255. The van der Waals surface area contributed by atoms with Crippen LogP contribution in [0.5, 0.6) is 5.75 Å². The van der Waals surface area contributed by atoms with Crippen LogP contribution >= 0.6 is 50.1 Å². The van der Waals surface area contributed by atoms with Gasteiger partial charge in [-0.3, -0.25) is 4.79 Å². The number of benzene rings is 2. The summed E-state index contributed by atoms with van der Waals surface area (Å²) in [5.74, 6) is 0.421. The second kappa shape index (κ2) is 7.66. The Morgan fingerprint density at radius 3 is 2.68 bits per heavy atom. The van der Waals surface area contributed by atoms with Gasteiger partial charge in [-0.2, -0.15) is 0 Å². The van der Waals surface area contributed by atoms with Crippen LogP contribution in [0.2, 0.25) is 5.02 Å². The third-order valence-electron chi connectivity index (χ3n) is 2.93. The third-order valence-corrected chi connectivity index (χ3v) is 4.50. The van der Waals surface area contributed by atoms with Crippen LogP contribution in [0.15, 0.2) is 34.8 Å². The van der Waals surface area contributed by atoms with Gasteiger partial charge in [-0.25, -0.2) is 0 Å². The van der Waals surface area contributed by atoms with Gasteiger partial charge in [0, 0.05) is 3.57 Å². The van der Waals surface area contributed by atoms with Crippen molar-refractivity contribution in [1.82, 2.24) is 0 Å². The highest BCUT2D eigenvalue weighted by molar-refractivity contribution is 14.1. The van der Waals surface area contributed by atoms with E-state index in [-0.39, 0.29) is 12.5 Å². The molecule has 0 saturated carbocycles. The number of anilines is 1. The average molecular weight is 495 g/mol. The number of carbonyl (C=O) groups excluding carboxylic acids is 1. The SMILES string of the molecule is Cc1cc(C)c(OCC(=O)Nc2ccc(I)cc2Cl)c(Br)c1. The van der Waals surface area contributed by atoms with E-state index in [4.69, 9.17) is 16.3 Å². The lowest BCUT2D eigenvalue weighted by molar-refractivity contribution is -0.118. The Bertz CT molecular complexity index is 698. The smallest absolute Gasteiger partial charge is 0.262 e. The lowest BCUT2D eigenvalue weighted by Gasteiger charge is -2.13. The first-order valence-electron chi connectivity index (χ1n) is 6.51. The fourth-order valence-electron chi connectivity index (χ4n) is 2.00. The number of halogens is 3. The number of carbonyl (C=O) groups is 1. The summed E-state index contributed by atoms with van der Waals surface area (Å²) in [5.41, 5.74) is 2.69. The molecule has 0 unspecified atom stereocenters. The Hall–Kier alpha value is -0.790. The molecule has 1 N–H and O–H groups in total. The summed E-state index contributed by atoms with van der Waals surface area (Å²) in [7, 11) is 0. The Labute approximate surface area is 156 Å². The normalized spacial score (nSPS) is 10.4. The van der Waals surface area contributed by atoms with Gasteiger partial charge in [-0.15, -0.1) is 0 Å². The minimum absolute atomic E-state index is 0.0786. The van der Waals surface area contributed by atoms with Crippen LogP contribution in [-0.2, 0) is 4.79 Å². The van der Waals surface area contributed by atoms with E-state index in [1.54, 1.807) is 12.1 Å². The number of amides is 1. The van der Waals surface area contributed by atoms with Gasteiger partial charge in [0.05, 0.1) is 15.2 Å². The number of ether oxygens (including phenoxy) is 1. The molecule has 0 spiro atoms. The summed E-state index contributed by atoms with van der Waals surface area (Å²) < 4.78 is 7.46. The van der Waals surface area contributed by atoms with E-state index >= 15 is 0 Å². The van der Waals surface area contributed by atoms with E-state index < -0.39 is 0 Å². The second-order valence-corrected chi connectivity index (χ2v) is 7.36. The molecule has 0 atom stereocenters. The van der Waals surface area contributed by atoms with E-state index in [1.165, 1.54) is 0 Å². The molecule has 0 saturated heterocycles. The van der Waals surface area contributed by atoms with E-state index in [1.807, 2.05) is 32.0 Å². The molecule has 0 aliphatic rings. The molecule has 0 aliphatic heterocycles. The first-order chi connectivity index (χ1) is 10.4. The van der Waals surface area contributed by atoms with E-state index in [0.29, 0.717) is 16.5 Å². The first kappa shape index (κ1) is 17.6. The van der Waals surface area contributed by atoms with Crippen molar-refractivity contribution in [3.8, 4) is 5.75 Å². The molecule has 116 valence electrons. The van der Waals surface area contributed by atoms with Crippen LogP contribution in [0.25, 0.3) is 0 Å². The molecule has 0 fully saturated rings. The van der Waals surface area contributed by atoms with Crippen molar-refractivity contribution in [2.75, 3.05) is 11.9 Å². The van der Waals surface area contributed by atoms with Crippen molar-refractivity contribution in [1.29, 1.82) is 0 Å². The van der Waals surface area contributed by atoms with Crippen LogP contribution in [-0.4, -0.2) is 12.5 Å². The zero-order chi connectivity index (χ0) is 16.3. The Balaban J connectivity index is 2.02. The molecule has 2 aromatic carbocycles. The highest BCUT2D eigenvalue weighted by Crippen LogP contribution is 2.30. The van der Waals surface area contributed by atoms with Crippen molar-refractivity contribution in [3.63, 3.8) is 0 Å². The molecule has 2 aromatic rings. The molecule has 22 heavy (non-hydrogen) atoms. The number of hydrogen-bond acceptors (Lipinski definition) is 2. The molecule has 2 rings (SSSR count). The maximum atomic E-state index is 12.0. The summed E-state index contributed by atoms with van der Waals surface area (Å²) in [5, 5.41) is 3.25. The molecule has 0 radical (unpaired) electrons. The standard InChI is InChI=1S/C16H14BrClINO2/c1-9-5-10(2)16(12(17)6-9)22-8-15(21)20-14-4-3-11(19)7-13(14)18/h3-7H,8H2,1-2H3,(H,20,21). The molecule has 3 nitrogen and oxygen atoms in total. The Kier molecular flexibility index (Phi) is 6.11. The highest BCUT2D eigenvalue weighted by Gasteiger charge is 2.11. The zero-order valence-corrected chi connectivity index (χ0v) is 16.5. The van der Waals surface area contributed by atoms with E-state index in [9.17, 15) is 4.79 Å². The van der Waals surface area contributed by atoms with Crippen LogP contribution in [0.1, 0.15) is 11.1 Å². The van der Waals surface area contributed by atoms with E-state index in [0.717, 1.165) is 19.2 Å². The summed E-state index contributed by atoms with van der Waals surface area (Å²) in [6, 6.07) is 9.40. The van der Waals surface area contributed by atoms with Gasteiger partial charge in [-0.05, 0) is 87.8 Å². The summed E-state index contributed by atoms with van der Waals surface area (Å²) in [4.78, 5) is 12.0. The fourth-order valence-corrected chi connectivity index (χ4v) is 3.69. The number of aryl methyl sites for hydroxylation is 2. The lowest BCUT2D eigenvalue weighted by Crippen LogP contribution is -2.20. The average Bonchev–Trinajstić information content (AvgIpc) is 2.40. The van der Waals surface area contributed by atoms with Crippen LogP contribution in [0.4, 0.5) is 5.69 Å². The predicted octanol–water partition coefficient (Wildman–Crippen LogP) is 5.34. The van der Waals surface area contributed by atoms with Crippen molar-refractivity contribution >= 4 is 61.7 Å². The molecule has 6 heteroatoms. The molecular weight excluding hydrogens is 480 g/mol. The molecular formula is C16H14BrClINO2. The van der Waals surface area contributed by atoms with Crippen molar-refractivity contribution in [3.05, 3.63) is 54.5 Å². The fraction of sp³-hybridized carbons (Fsp3) is 0.188. The predicted molar refractivity (Wildman–Crippen MR) is 102 cm³/mol. The minimum Gasteiger partial charge on any atom is -0.482 e. The van der Waals surface area contributed by atoms with Crippen LogP contribution < -0.4 is 10.1 Å². The first-order valence-corrected chi connectivity index (χ1v) is 8.76. The zero-order valence-electron chi connectivity index (χ0n) is 12.0. The van der Waals surface area contributed by atoms with Crippen molar-refractivity contribution in [2.24, 2.45) is 0 Å². The van der Waals surface area contributed by atoms with Gasteiger partial charge in [0.1, 0.15) is 5.75 Å². The van der Waals surface area contributed by atoms with Gasteiger partial charge in [0.2, 0.25) is 0 Å². The monoisotopic (exact) mass is 493 g/mol. The molecule has 0 bridgehead atoms. The molecule has 0 aromatic heterocycles. The lowest BCUT2D eigenvalue weighted by atomic mass is 10.1. The highest BCUT2D eigenvalue weighted by atomic mass is 127. The maximum absolute atomic E-state index is 12.0. The number of nitrogens with one attached hydrogen (secondary N) is 1. The van der Waals surface area contributed by atoms with Crippen molar-refractivity contribution in [2.45, 2.75) is 13.8 Å². The van der Waals surface area contributed by atoms with Gasteiger partial charge < -0.3 is 10.1 Å². The number of hydrogen-bond donors (Lipinski definition) is 1. The topological polar surface area (TPSA) is 38.3 Å². The maximum Gasteiger partial charge on any atom is 0.262 e. The molecule has 1 amide bonds. The largest absolute Gasteiger partial charge is 0.482 e.